The smallest absolute Gasteiger partial charge is 0.109 e. The lowest BCUT2D eigenvalue weighted by molar-refractivity contribution is 0.518. The molecule has 0 spiro atoms. The van der Waals surface area contributed by atoms with E-state index in [0.717, 1.165) is 9.55 Å². The molecule has 0 aliphatic carbocycles. The predicted octanol–water partition coefficient (Wildman–Crippen LogP) is -0.545. The Labute approximate surface area is 39.1 Å². The van der Waals surface area contributed by atoms with Crippen molar-refractivity contribution in [1.82, 2.24) is 0 Å². The number of terminal acetylenes is 1. The molecule has 0 aromatic heterocycles. The summed E-state index contributed by atoms with van der Waals surface area (Å²) in [6.07, 6.45) is 5.40. The van der Waals surface area contributed by atoms with Gasteiger partial charge in [0.25, 0.3) is 0 Å². The van der Waals surface area contributed by atoms with Crippen LogP contribution < -0.4 is 0 Å². The van der Waals surface area contributed by atoms with Gasteiger partial charge in [-0.25, -0.2) is 0 Å². The zero-order chi connectivity index (χ0) is 4.71. The van der Waals surface area contributed by atoms with E-state index in [0.29, 0.717) is 0 Å². The SMILES string of the molecule is C#CO.[SiH3]Cl. The summed E-state index contributed by atoms with van der Waals surface area (Å²) >= 11 is 4.78. The third kappa shape index (κ3) is 761. The number of hydrogen-bond acceptors (Lipinski definition) is 1. The van der Waals surface area contributed by atoms with Gasteiger partial charge in [0.05, 0.1) is 0 Å². The van der Waals surface area contributed by atoms with Crippen molar-refractivity contribution in [3.8, 4) is 12.5 Å². The van der Waals surface area contributed by atoms with Crippen LogP contribution in [0.5, 0.6) is 0 Å². The molecule has 1 N–H and O–H groups in total. The highest BCUT2D eigenvalue weighted by atomic mass is 35.6. The lowest BCUT2D eigenvalue weighted by Gasteiger charge is -1.32. The molecule has 1 nitrogen and oxygen atoms in total. The van der Waals surface area contributed by atoms with Crippen LogP contribution in [0.4, 0.5) is 0 Å². The average Bonchev–Trinajstić information content (AvgIpc) is 1.46. The fourth-order valence-electron chi connectivity index (χ4n) is 0. The molecule has 0 fully saturated rings. The van der Waals surface area contributed by atoms with E-state index >= 15 is 0 Å². The zero-order valence-corrected chi connectivity index (χ0v) is 5.66. The van der Waals surface area contributed by atoms with Crippen LogP contribution in [0.3, 0.4) is 0 Å². The summed E-state index contributed by atoms with van der Waals surface area (Å²) in [5, 5.41) is 7.10. The van der Waals surface area contributed by atoms with Crippen molar-refractivity contribution in [3.63, 3.8) is 0 Å². The molecule has 0 unspecified atom stereocenters. The summed E-state index contributed by atoms with van der Waals surface area (Å²) < 4.78 is 0. The standard InChI is InChI=1S/C2H2O.ClH3Si/c1-2-3;1-2/h1,3H;2H3. The molecule has 0 aliphatic heterocycles. The van der Waals surface area contributed by atoms with Crippen molar-refractivity contribution in [2.45, 2.75) is 0 Å². The quantitative estimate of drug-likeness (QED) is 0.251. The molecular formula is C2H5ClOSi. The second kappa shape index (κ2) is 42.3. The van der Waals surface area contributed by atoms with Crippen LogP contribution in [0.2, 0.25) is 0 Å². The molecule has 0 heterocycles. The highest BCUT2D eigenvalue weighted by molar-refractivity contribution is 6.80. The summed E-state index contributed by atoms with van der Waals surface area (Å²) in [6, 6.07) is 0. The van der Waals surface area contributed by atoms with E-state index in [1.165, 1.54) is 6.11 Å². The maximum absolute atomic E-state index is 7.10. The van der Waals surface area contributed by atoms with Gasteiger partial charge < -0.3 is 5.11 Å². The minimum absolute atomic E-state index is 0.778. The molecule has 0 aliphatic rings. The maximum Gasteiger partial charge on any atom is 0.109 e. The maximum atomic E-state index is 7.10. The molecule has 5 heavy (non-hydrogen) atoms. The number of aliphatic hydroxyl groups excluding tert-OH is 1. The molecule has 0 bridgehead atoms. The predicted molar refractivity (Wildman–Crippen MR) is 26.6 cm³/mol. The fraction of sp³-hybridized carbons (Fsp3) is 0. The van der Waals surface area contributed by atoms with E-state index in [4.69, 9.17) is 16.2 Å². The van der Waals surface area contributed by atoms with Gasteiger partial charge in [-0.15, -0.1) is 0 Å². The minimum Gasteiger partial charge on any atom is -0.462 e. The number of halogens is 1. The Morgan fingerprint density at radius 1 is 1.80 bits per heavy atom. The highest BCUT2D eigenvalue weighted by Gasteiger charge is 1.06. The molecule has 3 heteroatoms. The first-order valence-electron chi connectivity index (χ1n) is 0.890. The normalized spacial score (nSPS) is 3.20. The van der Waals surface area contributed by atoms with Crippen molar-refractivity contribution in [3.05, 3.63) is 0 Å². The van der Waals surface area contributed by atoms with Gasteiger partial charge in [-0.2, -0.15) is 11.1 Å². The minimum atomic E-state index is 0.778. The van der Waals surface area contributed by atoms with Crippen LogP contribution >= 0.6 is 11.1 Å². The fourth-order valence-corrected chi connectivity index (χ4v) is 0. The van der Waals surface area contributed by atoms with Crippen molar-refractivity contribution >= 4 is 20.6 Å². The Morgan fingerprint density at radius 2 is 1.80 bits per heavy atom. The Kier molecular flexibility index (Phi) is 74.9. The van der Waals surface area contributed by atoms with Crippen molar-refractivity contribution in [2.75, 3.05) is 0 Å². The summed E-state index contributed by atoms with van der Waals surface area (Å²) in [5.41, 5.74) is 0. The number of aliphatic hydroxyl groups is 1. The largest absolute Gasteiger partial charge is 0.462 e. The van der Waals surface area contributed by atoms with Crippen LogP contribution in [-0.2, 0) is 0 Å². The Hall–Kier alpha value is -0.133. The van der Waals surface area contributed by atoms with E-state index < -0.39 is 0 Å². The van der Waals surface area contributed by atoms with Crippen LogP contribution in [0.1, 0.15) is 0 Å². The molecule has 30 valence electrons. The van der Waals surface area contributed by atoms with Crippen LogP contribution in [0.15, 0.2) is 0 Å². The van der Waals surface area contributed by atoms with Gasteiger partial charge in [0.2, 0.25) is 0 Å². The van der Waals surface area contributed by atoms with Crippen molar-refractivity contribution < 1.29 is 5.11 Å². The summed E-state index contributed by atoms with van der Waals surface area (Å²) in [6.45, 7) is 0. The Balaban J connectivity index is 0. The van der Waals surface area contributed by atoms with Crippen LogP contribution in [0.25, 0.3) is 0 Å². The van der Waals surface area contributed by atoms with E-state index in [9.17, 15) is 0 Å². The summed E-state index contributed by atoms with van der Waals surface area (Å²) in [5.74, 6) is 0. The van der Waals surface area contributed by atoms with Crippen LogP contribution in [0, 0.1) is 12.5 Å². The first-order chi connectivity index (χ1) is 2.41. The molecule has 0 radical (unpaired) electrons. The van der Waals surface area contributed by atoms with Gasteiger partial charge in [0.15, 0.2) is 0 Å². The molecule has 0 saturated carbocycles. The highest BCUT2D eigenvalue weighted by Crippen LogP contribution is 1.29. The zero-order valence-electron chi connectivity index (χ0n) is 2.90. The van der Waals surface area contributed by atoms with E-state index in [1.54, 1.807) is 0 Å². The van der Waals surface area contributed by atoms with Gasteiger partial charge in [-0.3, -0.25) is 0 Å². The molecular weight excluding hydrogens is 104 g/mol. The van der Waals surface area contributed by atoms with Gasteiger partial charge in [-0.05, 0) is 0 Å². The second-order valence-corrected chi connectivity index (χ2v) is 0.129. The number of rotatable bonds is 0. The molecule has 0 rings (SSSR count). The Bertz CT molecular complexity index is 31.1. The first-order valence-corrected chi connectivity index (χ1v) is 3.91. The lowest BCUT2D eigenvalue weighted by Crippen LogP contribution is -1.27. The summed E-state index contributed by atoms with van der Waals surface area (Å²) in [4.78, 5) is 0. The molecule has 0 saturated heterocycles. The number of hydrogen-bond donors (Lipinski definition) is 1. The topological polar surface area (TPSA) is 20.2 Å². The third-order valence-electron chi connectivity index (χ3n) is 0. The van der Waals surface area contributed by atoms with E-state index in [-0.39, 0.29) is 0 Å². The Morgan fingerprint density at radius 3 is 1.80 bits per heavy atom. The molecule has 0 amide bonds. The second-order valence-electron chi connectivity index (χ2n) is 0.129. The lowest BCUT2D eigenvalue weighted by atomic mass is 11.3. The average molecular weight is 109 g/mol. The van der Waals surface area contributed by atoms with Crippen molar-refractivity contribution in [2.24, 2.45) is 0 Å². The first kappa shape index (κ1) is 8.85. The monoisotopic (exact) mass is 108 g/mol. The van der Waals surface area contributed by atoms with E-state index in [1.807, 2.05) is 0 Å². The van der Waals surface area contributed by atoms with E-state index in [2.05, 4.69) is 6.42 Å². The molecule has 0 aromatic rings. The van der Waals surface area contributed by atoms with Gasteiger partial charge in [0, 0.05) is 0 Å². The molecule has 0 aromatic carbocycles. The van der Waals surface area contributed by atoms with Crippen molar-refractivity contribution in [1.29, 1.82) is 0 Å². The summed E-state index contributed by atoms with van der Waals surface area (Å²) in [7, 11) is 0.778. The third-order valence-corrected chi connectivity index (χ3v) is 0. The van der Waals surface area contributed by atoms with Crippen LogP contribution in [-0.4, -0.2) is 14.7 Å². The van der Waals surface area contributed by atoms with Gasteiger partial charge >= 0.3 is 0 Å². The molecule has 0 atom stereocenters. The van der Waals surface area contributed by atoms with Gasteiger partial charge in [-0.1, -0.05) is 6.42 Å². The van der Waals surface area contributed by atoms with Gasteiger partial charge in [0.1, 0.15) is 15.7 Å².